The number of likely N-dealkylation sites (N-methyl/N-ethyl adjacent to an activating group) is 1. The first-order chi connectivity index (χ1) is 7.31. The van der Waals surface area contributed by atoms with Gasteiger partial charge in [-0.25, -0.2) is 4.98 Å². The average Bonchev–Trinajstić information content (AvgIpc) is 2.78. The van der Waals surface area contributed by atoms with E-state index in [0.717, 1.165) is 30.5 Å². The number of anilines is 1. The third kappa shape index (κ3) is 2.46. The molecule has 4 nitrogen and oxygen atoms in total. The predicted octanol–water partition coefficient (Wildman–Crippen LogP) is 1.29. The van der Waals surface area contributed by atoms with Crippen LogP contribution in [0, 0.1) is 0 Å². The van der Waals surface area contributed by atoms with Gasteiger partial charge in [-0.3, -0.25) is 0 Å². The highest BCUT2D eigenvalue weighted by atomic mass is 32.1. The second-order valence-corrected chi connectivity index (χ2v) is 4.69. The zero-order chi connectivity index (χ0) is 10.7. The van der Waals surface area contributed by atoms with E-state index in [1.54, 1.807) is 0 Å². The fourth-order valence-electron chi connectivity index (χ4n) is 1.85. The Bertz CT molecular complexity index is 306. The Labute approximate surface area is 94.9 Å². The molecule has 1 unspecified atom stereocenters. The van der Waals surface area contributed by atoms with Gasteiger partial charge in [0.2, 0.25) is 5.13 Å². The molecule has 1 aromatic heterocycles. The predicted molar refractivity (Wildman–Crippen MR) is 63.6 cm³/mol. The second-order valence-electron chi connectivity index (χ2n) is 3.96. The molecule has 0 radical (unpaired) electrons. The molecule has 0 spiro atoms. The summed E-state index contributed by atoms with van der Waals surface area (Å²) < 4.78 is 4.32. The van der Waals surface area contributed by atoms with E-state index in [0.29, 0.717) is 6.04 Å². The van der Waals surface area contributed by atoms with Crippen molar-refractivity contribution in [3.63, 3.8) is 0 Å². The Hall–Kier alpha value is -0.680. The number of hydrogen-bond donors (Lipinski definition) is 1. The molecule has 2 heterocycles. The lowest BCUT2D eigenvalue weighted by Gasteiger charge is -2.31. The highest BCUT2D eigenvalue weighted by molar-refractivity contribution is 7.09. The molecule has 1 N–H and O–H groups in total. The SMILES string of the molecule is CCc1nsc(N(C)C2CCCNC2)n1. The van der Waals surface area contributed by atoms with Crippen molar-refractivity contribution in [1.82, 2.24) is 14.7 Å². The first-order valence-corrected chi connectivity index (χ1v) is 6.34. The molecule has 1 aliphatic rings. The normalized spacial score (nSPS) is 21.6. The minimum absolute atomic E-state index is 0.580. The fourth-order valence-corrected chi connectivity index (χ4v) is 2.63. The molecule has 1 aliphatic heterocycles. The minimum Gasteiger partial charge on any atom is -0.346 e. The van der Waals surface area contributed by atoms with Crippen LogP contribution in [0.15, 0.2) is 0 Å². The standard InChI is InChI=1S/C10H18N4S/c1-3-9-12-10(15-13-9)14(2)8-5-4-6-11-7-8/h8,11H,3-7H2,1-2H3. The highest BCUT2D eigenvalue weighted by Gasteiger charge is 2.20. The summed E-state index contributed by atoms with van der Waals surface area (Å²) in [5, 5.41) is 4.48. The molecule has 1 atom stereocenters. The van der Waals surface area contributed by atoms with E-state index in [-0.39, 0.29) is 0 Å². The maximum Gasteiger partial charge on any atom is 0.205 e. The number of hydrogen-bond acceptors (Lipinski definition) is 5. The van der Waals surface area contributed by atoms with Crippen LogP contribution in [0.1, 0.15) is 25.6 Å². The largest absolute Gasteiger partial charge is 0.346 e. The third-order valence-electron chi connectivity index (χ3n) is 2.89. The van der Waals surface area contributed by atoms with E-state index in [9.17, 15) is 0 Å². The van der Waals surface area contributed by atoms with Crippen LogP contribution in [0.4, 0.5) is 5.13 Å². The minimum atomic E-state index is 0.580. The lowest BCUT2D eigenvalue weighted by Crippen LogP contribution is -2.44. The average molecular weight is 226 g/mol. The number of aromatic nitrogens is 2. The Kier molecular flexibility index (Phi) is 3.53. The molecule has 0 aromatic carbocycles. The zero-order valence-corrected chi connectivity index (χ0v) is 10.2. The van der Waals surface area contributed by atoms with Crippen LogP contribution in [0.3, 0.4) is 0 Å². The van der Waals surface area contributed by atoms with Crippen molar-refractivity contribution in [3.05, 3.63) is 5.82 Å². The van der Waals surface area contributed by atoms with E-state index in [1.165, 1.54) is 24.4 Å². The molecule has 0 amide bonds. The first kappa shape index (κ1) is 10.8. The van der Waals surface area contributed by atoms with Gasteiger partial charge in [-0.1, -0.05) is 6.92 Å². The highest BCUT2D eigenvalue weighted by Crippen LogP contribution is 2.20. The van der Waals surface area contributed by atoms with Gasteiger partial charge in [0.1, 0.15) is 5.82 Å². The van der Waals surface area contributed by atoms with Gasteiger partial charge >= 0.3 is 0 Å². The molecule has 1 fully saturated rings. The Morgan fingerprint density at radius 3 is 3.07 bits per heavy atom. The summed E-state index contributed by atoms with van der Waals surface area (Å²) in [6.45, 7) is 4.31. The Morgan fingerprint density at radius 2 is 2.47 bits per heavy atom. The molecule has 0 aliphatic carbocycles. The first-order valence-electron chi connectivity index (χ1n) is 5.57. The molecule has 1 saturated heterocycles. The number of piperidine rings is 1. The lowest BCUT2D eigenvalue weighted by molar-refractivity contribution is 0.444. The third-order valence-corrected chi connectivity index (χ3v) is 3.74. The van der Waals surface area contributed by atoms with Crippen molar-refractivity contribution in [1.29, 1.82) is 0 Å². The van der Waals surface area contributed by atoms with Crippen molar-refractivity contribution < 1.29 is 0 Å². The Balaban J connectivity index is 2.02. The number of nitrogens with one attached hydrogen (secondary N) is 1. The molecular formula is C10H18N4S. The molecular weight excluding hydrogens is 208 g/mol. The molecule has 84 valence electrons. The van der Waals surface area contributed by atoms with Crippen LogP contribution in [-0.4, -0.2) is 35.5 Å². The number of nitrogens with zero attached hydrogens (tertiary/aromatic N) is 3. The van der Waals surface area contributed by atoms with Crippen LogP contribution in [-0.2, 0) is 6.42 Å². The van der Waals surface area contributed by atoms with Gasteiger partial charge in [-0.2, -0.15) is 4.37 Å². The van der Waals surface area contributed by atoms with Gasteiger partial charge in [-0.15, -0.1) is 0 Å². The summed E-state index contributed by atoms with van der Waals surface area (Å²) in [6, 6.07) is 0.580. The molecule has 0 saturated carbocycles. The maximum atomic E-state index is 4.51. The maximum absolute atomic E-state index is 4.51. The van der Waals surface area contributed by atoms with Gasteiger partial charge < -0.3 is 10.2 Å². The van der Waals surface area contributed by atoms with Crippen LogP contribution in [0.2, 0.25) is 0 Å². The lowest BCUT2D eigenvalue weighted by atomic mass is 10.1. The summed E-state index contributed by atoms with van der Waals surface area (Å²) in [7, 11) is 2.12. The van der Waals surface area contributed by atoms with Gasteiger partial charge in [0.15, 0.2) is 0 Å². The van der Waals surface area contributed by atoms with Gasteiger partial charge in [0.25, 0.3) is 0 Å². The smallest absolute Gasteiger partial charge is 0.205 e. The molecule has 15 heavy (non-hydrogen) atoms. The summed E-state index contributed by atoms with van der Waals surface area (Å²) >= 11 is 1.51. The molecule has 2 rings (SSSR count). The van der Waals surface area contributed by atoms with Crippen molar-refractivity contribution in [2.24, 2.45) is 0 Å². The molecule has 5 heteroatoms. The van der Waals surface area contributed by atoms with Crippen LogP contribution < -0.4 is 10.2 Å². The number of aryl methyl sites for hydroxylation is 1. The fraction of sp³-hybridized carbons (Fsp3) is 0.800. The van der Waals surface area contributed by atoms with Gasteiger partial charge in [0.05, 0.1) is 0 Å². The van der Waals surface area contributed by atoms with Gasteiger partial charge in [-0.05, 0) is 19.4 Å². The monoisotopic (exact) mass is 226 g/mol. The summed E-state index contributed by atoms with van der Waals surface area (Å²) in [5.74, 6) is 0.964. The van der Waals surface area contributed by atoms with Gasteiger partial charge in [0, 0.05) is 37.6 Å². The van der Waals surface area contributed by atoms with E-state index in [2.05, 4.69) is 33.5 Å². The van der Waals surface area contributed by atoms with Crippen molar-refractivity contribution in [3.8, 4) is 0 Å². The summed E-state index contributed by atoms with van der Waals surface area (Å²) in [4.78, 5) is 6.78. The summed E-state index contributed by atoms with van der Waals surface area (Å²) in [6.07, 6.45) is 3.44. The number of rotatable bonds is 3. The second kappa shape index (κ2) is 4.90. The topological polar surface area (TPSA) is 41.1 Å². The van der Waals surface area contributed by atoms with Crippen LogP contribution in [0.5, 0.6) is 0 Å². The summed E-state index contributed by atoms with van der Waals surface area (Å²) in [5.41, 5.74) is 0. The van der Waals surface area contributed by atoms with E-state index >= 15 is 0 Å². The van der Waals surface area contributed by atoms with E-state index < -0.39 is 0 Å². The Morgan fingerprint density at radius 1 is 1.60 bits per heavy atom. The quantitative estimate of drug-likeness (QED) is 0.843. The van der Waals surface area contributed by atoms with Crippen LogP contribution >= 0.6 is 11.5 Å². The van der Waals surface area contributed by atoms with E-state index in [1.807, 2.05) is 0 Å². The van der Waals surface area contributed by atoms with E-state index in [4.69, 9.17) is 0 Å². The van der Waals surface area contributed by atoms with Crippen molar-refractivity contribution in [2.75, 3.05) is 25.0 Å². The van der Waals surface area contributed by atoms with Crippen molar-refractivity contribution >= 4 is 16.7 Å². The zero-order valence-electron chi connectivity index (χ0n) is 9.36. The van der Waals surface area contributed by atoms with Crippen molar-refractivity contribution in [2.45, 2.75) is 32.2 Å². The van der Waals surface area contributed by atoms with Crippen LogP contribution in [0.25, 0.3) is 0 Å². The molecule has 1 aromatic rings. The molecule has 0 bridgehead atoms.